The van der Waals surface area contributed by atoms with Crippen molar-refractivity contribution in [1.29, 1.82) is 0 Å². The fourth-order valence-corrected chi connectivity index (χ4v) is 1.06. The minimum Gasteiger partial charge on any atom is -0.337 e. The average molecular weight is 191 g/mol. The maximum absolute atomic E-state index is 5.55. The summed E-state index contributed by atoms with van der Waals surface area (Å²) < 4.78 is 0. The van der Waals surface area contributed by atoms with Crippen LogP contribution in [0.5, 0.6) is 0 Å². The standard InChI is InChI=1S/C5H4Cl2N4/c6-3-8-4(7)10-5(9-3)11-1-2-11/h1-2H2. The number of rotatable bonds is 1. The van der Waals surface area contributed by atoms with E-state index in [1.807, 2.05) is 4.90 Å². The van der Waals surface area contributed by atoms with Crippen LogP contribution in [-0.2, 0) is 0 Å². The van der Waals surface area contributed by atoms with Crippen molar-refractivity contribution in [2.45, 2.75) is 0 Å². The fourth-order valence-electron chi connectivity index (χ4n) is 0.708. The van der Waals surface area contributed by atoms with Crippen molar-refractivity contribution in [2.75, 3.05) is 18.0 Å². The fraction of sp³-hybridized carbons (Fsp3) is 0.400. The molecule has 6 heteroatoms. The Balaban J connectivity index is 2.39. The third-order valence-corrected chi connectivity index (χ3v) is 1.64. The van der Waals surface area contributed by atoms with Crippen LogP contribution >= 0.6 is 23.2 Å². The minimum absolute atomic E-state index is 0.145. The molecule has 1 saturated heterocycles. The van der Waals surface area contributed by atoms with E-state index in [0.717, 1.165) is 13.1 Å². The van der Waals surface area contributed by atoms with E-state index in [-0.39, 0.29) is 10.6 Å². The van der Waals surface area contributed by atoms with Gasteiger partial charge in [0.05, 0.1) is 0 Å². The van der Waals surface area contributed by atoms with Crippen LogP contribution in [0, 0.1) is 0 Å². The Bertz CT molecular complexity index is 266. The van der Waals surface area contributed by atoms with E-state index in [4.69, 9.17) is 23.2 Å². The van der Waals surface area contributed by atoms with E-state index in [1.165, 1.54) is 0 Å². The van der Waals surface area contributed by atoms with E-state index in [0.29, 0.717) is 5.95 Å². The smallest absolute Gasteiger partial charge is 0.231 e. The summed E-state index contributed by atoms with van der Waals surface area (Å²) in [4.78, 5) is 13.3. The summed E-state index contributed by atoms with van der Waals surface area (Å²) in [5, 5.41) is 0.291. The van der Waals surface area contributed by atoms with Gasteiger partial charge in [0.15, 0.2) is 0 Å². The predicted molar refractivity (Wildman–Crippen MR) is 42.1 cm³/mol. The molecule has 0 bridgehead atoms. The van der Waals surface area contributed by atoms with Crippen molar-refractivity contribution >= 4 is 29.2 Å². The number of anilines is 1. The molecule has 0 aromatic carbocycles. The molecule has 1 aliphatic rings. The molecule has 0 amide bonds. The first-order valence-corrected chi connectivity index (χ1v) is 3.83. The van der Waals surface area contributed by atoms with Gasteiger partial charge in [0.2, 0.25) is 16.5 Å². The number of nitrogens with zero attached hydrogens (tertiary/aromatic N) is 4. The Morgan fingerprint density at radius 1 is 1.00 bits per heavy atom. The molecule has 0 aliphatic carbocycles. The van der Waals surface area contributed by atoms with E-state index >= 15 is 0 Å². The van der Waals surface area contributed by atoms with Crippen molar-refractivity contribution in [3.63, 3.8) is 0 Å². The summed E-state index contributed by atoms with van der Waals surface area (Å²) >= 11 is 11.1. The average Bonchev–Trinajstić information content (AvgIpc) is 2.64. The number of hydrogen-bond acceptors (Lipinski definition) is 4. The highest BCUT2D eigenvalue weighted by Crippen LogP contribution is 2.18. The number of halogens is 2. The van der Waals surface area contributed by atoms with Gasteiger partial charge in [-0.25, -0.2) is 0 Å². The van der Waals surface area contributed by atoms with Crippen molar-refractivity contribution in [2.24, 2.45) is 0 Å². The molecule has 1 aliphatic heterocycles. The maximum atomic E-state index is 5.55. The number of hydrogen-bond donors (Lipinski definition) is 0. The lowest BCUT2D eigenvalue weighted by Crippen LogP contribution is -2.00. The van der Waals surface area contributed by atoms with Crippen molar-refractivity contribution in [3.8, 4) is 0 Å². The molecule has 1 aromatic rings. The van der Waals surface area contributed by atoms with Crippen LogP contribution in [0.1, 0.15) is 0 Å². The van der Waals surface area contributed by atoms with Crippen LogP contribution in [0.25, 0.3) is 0 Å². The molecule has 0 spiro atoms. The molecule has 1 fully saturated rings. The van der Waals surface area contributed by atoms with Crippen LogP contribution in [0.3, 0.4) is 0 Å². The monoisotopic (exact) mass is 190 g/mol. The molecule has 0 N–H and O–H groups in total. The molecular weight excluding hydrogens is 187 g/mol. The van der Waals surface area contributed by atoms with Crippen LogP contribution in [0.2, 0.25) is 10.6 Å². The quantitative estimate of drug-likeness (QED) is 0.621. The first-order valence-electron chi connectivity index (χ1n) is 3.08. The van der Waals surface area contributed by atoms with Gasteiger partial charge < -0.3 is 4.90 Å². The van der Waals surface area contributed by atoms with Gasteiger partial charge in [-0.2, -0.15) is 15.0 Å². The van der Waals surface area contributed by atoms with Gasteiger partial charge in [0, 0.05) is 13.1 Å². The second-order valence-electron chi connectivity index (χ2n) is 2.16. The highest BCUT2D eigenvalue weighted by molar-refractivity contribution is 6.31. The normalized spacial score (nSPS) is 15.3. The van der Waals surface area contributed by atoms with Crippen molar-refractivity contribution in [1.82, 2.24) is 15.0 Å². The largest absolute Gasteiger partial charge is 0.337 e. The zero-order valence-corrected chi connectivity index (χ0v) is 6.97. The molecule has 0 saturated carbocycles. The Kier molecular flexibility index (Phi) is 1.58. The Labute approximate surface area is 73.2 Å². The lowest BCUT2D eigenvalue weighted by molar-refractivity contribution is 1.02. The van der Waals surface area contributed by atoms with Gasteiger partial charge >= 0.3 is 0 Å². The summed E-state index contributed by atoms with van der Waals surface area (Å²) in [6.45, 7) is 1.94. The van der Waals surface area contributed by atoms with Gasteiger partial charge in [-0.05, 0) is 23.2 Å². The summed E-state index contributed by atoms with van der Waals surface area (Å²) in [6.07, 6.45) is 0. The molecule has 1 aromatic heterocycles. The molecule has 11 heavy (non-hydrogen) atoms. The van der Waals surface area contributed by atoms with Crippen molar-refractivity contribution in [3.05, 3.63) is 10.6 Å². The molecule has 2 heterocycles. The lowest BCUT2D eigenvalue weighted by atomic mass is 10.9. The zero-order chi connectivity index (χ0) is 7.84. The second-order valence-corrected chi connectivity index (χ2v) is 2.84. The molecule has 0 atom stereocenters. The van der Waals surface area contributed by atoms with Crippen LogP contribution in [0.15, 0.2) is 0 Å². The summed E-state index contributed by atoms with van der Waals surface area (Å²) in [6, 6.07) is 0. The van der Waals surface area contributed by atoms with Gasteiger partial charge in [-0.15, -0.1) is 0 Å². The van der Waals surface area contributed by atoms with Crippen LogP contribution in [-0.4, -0.2) is 28.0 Å². The first-order chi connectivity index (χ1) is 5.25. The lowest BCUT2D eigenvalue weighted by Gasteiger charge is -1.98. The van der Waals surface area contributed by atoms with Gasteiger partial charge in [0.1, 0.15) is 0 Å². The topological polar surface area (TPSA) is 41.7 Å². The van der Waals surface area contributed by atoms with Crippen LogP contribution < -0.4 is 4.90 Å². The van der Waals surface area contributed by atoms with E-state index in [2.05, 4.69) is 15.0 Å². The second kappa shape index (κ2) is 2.46. The highest BCUT2D eigenvalue weighted by atomic mass is 35.5. The third-order valence-electron chi connectivity index (χ3n) is 1.30. The summed E-state index contributed by atoms with van der Waals surface area (Å²) in [7, 11) is 0. The Morgan fingerprint density at radius 3 is 2.00 bits per heavy atom. The zero-order valence-electron chi connectivity index (χ0n) is 5.46. The molecule has 58 valence electrons. The highest BCUT2D eigenvalue weighted by Gasteiger charge is 2.21. The van der Waals surface area contributed by atoms with E-state index < -0.39 is 0 Å². The number of aromatic nitrogens is 3. The van der Waals surface area contributed by atoms with Crippen LogP contribution in [0.4, 0.5) is 5.95 Å². The summed E-state index contributed by atoms with van der Waals surface area (Å²) in [5.74, 6) is 0.565. The first kappa shape index (κ1) is 7.06. The molecular formula is C5H4Cl2N4. The van der Waals surface area contributed by atoms with E-state index in [1.54, 1.807) is 0 Å². The molecule has 2 rings (SSSR count). The van der Waals surface area contributed by atoms with E-state index in [9.17, 15) is 0 Å². The van der Waals surface area contributed by atoms with Gasteiger partial charge in [-0.3, -0.25) is 0 Å². The maximum Gasteiger partial charge on any atom is 0.231 e. The molecule has 0 radical (unpaired) electrons. The van der Waals surface area contributed by atoms with Gasteiger partial charge in [-0.1, -0.05) is 0 Å². The molecule has 0 unspecified atom stereocenters. The third kappa shape index (κ3) is 1.52. The Hall–Kier alpha value is -0.610. The SMILES string of the molecule is Clc1nc(Cl)nc(N2CC2)n1. The Morgan fingerprint density at radius 2 is 1.55 bits per heavy atom. The van der Waals surface area contributed by atoms with Gasteiger partial charge in [0.25, 0.3) is 0 Å². The summed E-state index contributed by atoms with van der Waals surface area (Å²) in [5.41, 5.74) is 0. The predicted octanol–water partition coefficient (Wildman–Crippen LogP) is 0.998. The minimum atomic E-state index is 0.145. The van der Waals surface area contributed by atoms with Crippen molar-refractivity contribution < 1.29 is 0 Å². The molecule has 4 nitrogen and oxygen atoms in total.